The minimum atomic E-state index is -0.477. The van der Waals surface area contributed by atoms with Gasteiger partial charge in [-0.05, 0) is 30.3 Å². The van der Waals surface area contributed by atoms with Crippen LogP contribution in [0.25, 0.3) is 0 Å². The predicted molar refractivity (Wildman–Crippen MR) is 90.5 cm³/mol. The van der Waals surface area contributed by atoms with Crippen molar-refractivity contribution >= 4 is 23.0 Å². The lowest BCUT2D eigenvalue weighted by atomic mass is 10.1. The topological polar surface area (TPSA) is 84.7 Å². The monoisotopic (exact) mass is 345 g/mol. The molecule has 2 aromatic rings. The van der Waals surface area contributed by atoms with Gasteiger partial charge in [-0.2, -0.15) is 0 Å². The highest BCUT2D eigenvalue weighted by atomic mass is 19.1. The second-order valence-electron chi connectivity index (χ2n) is 5.52. The minimum absolute atomic E-state index is 0.0544. The van der Waals surface area contributed by atoms with Gasteiger partial charge in [0.15, 0.2) is 0 Å². The van der Waals surface area contributed by atoms with Gasteiger partial charge in [-0.25, -0.2) is 4.39 Å². The number of hydrogen-bond acceptors (Lipinski definition) is 5. The van der Waals surface area contributed by atoms with E-state index < -0.39 is 16.6 Å². The number of nitro groups is 1. The van der Waals surface area contributed by atoms with Gasteiger partial charge < -0.3 is 15.0 Å². The van der Waals surface area contributed by atoms with Crippen molar-refractivity contribution in [1.29, 1.82) is 0 Å². The Morgan fingerprint density at radius 3 is 2.48 bits per heavy atom. The van der Waals surface area contributed by atoms with Crippen LogP contribution in [0.4, 0.5) is 21.5 Å². The molecule has 1 N–H and O–H groups in total. The molecule has 0 bridgehead atoms. The van der Waals surface area contributed by atoms with Crippen LogP contribution in [0.1, 0.15) is 10.4 Å². The van der Waals surface area contributed by atoms with Crippen LogP contribution in [0, 0.1) is 15.9 Å². The van der Waals surface area contributed by atoms with Crippen LogP contribution in [0.5, 0.6) is 0 Å². The van der Waals surface area contributed by atoms with Gasteiger partial charge in [0, 0.05) is 30.8 Å². The number of anilines is 2. The first-order chi connectivity index (χ1) is 12.0. The van der Waals surface area contributed by atoms with Gasteiger partial charge in [0.1, 0.15) is 5.82 Å². The van der Waals surface area contributed by atoms with Crippen LogP contribution in [0.3, 0.4) is 0 Å². The Hall–Kier alpha value is -3.00. The summed E-state index contributed by atoms with van der Waals surface area (Å²) in [6, 6.07) is 9.44. The van der Waals surface area contributed by atoms with E-state index in [0.29, 0.717) is 43.2 Å². The molecule has 1 amide bonds. The molecule has 25 heavy (non-hydrogen) atoms. The van der Waals surface area contributed by atoms with Crippen LogP contribution < -0.4 is 10.2 Å². The van der Waals surface area contributed by atoms with Gasteiger partial charge in [0.25, 0.3) is 11.6 Å². The number of non-ortho nitro benzene ring substituents is 1. The smallest absolute Gasteiger partial charge is 0.271 e. The molecule has 1 aliphatic rings. The molecule has 1 aliphatic heterocycles. The first kappa shape index (κ1) is 16.8. The van der Waals surface area contributed by atoms with Crippen LogP contribution >= 0.6 is 0 Å². The summed E-state index contributed by atoms with van der Waals surface area (Å²) in [7, 11) is 0. The molecule has 7 nitrogen and oxygen atoms in total. The number of amides is 1. The lowest BCUT2D eigenvalue weighted by molar-refractivity contribution is -0.384. The number of rotatable bonds is 4. The third kappa shape index (κ3) is 3.92. The minimum Gasteiger partial charge on any atom is -0.378 e. The zero-order valence-corrected chi connectivity index (χ0v) is 13.3. The third-order valence-electron chi connectivity index (χ3n) is 3.90. The van der Waals surface area contributed by atoms with E-state index in [2.05, 4.69) is 5.32 Å². The zero-order valence-electron chi connectivity index (χ0n) is 13.3. The number of morpholine rings is 1. The number of carbonyl (C=O) groups excluding carboxylic acids is 1. The first-order valence-corrected chi connectivity index (χ1v) is 7.72. The molecule has 0 aromatic heterocycles. The number of nitrogens with zero attached hydrogens (tertiary/aromatic N) is 2. The van der Waals surface area contributed by atoms with Crippen molar-refractivity contribution in [3.05, 3.63) is 64.0 Å². The molecular weight excluding hydrogens is 329 g/mol. The maximum Gasteiger partial charge on any atom is 0.271 e. The van der Waals surface area contributed by atoms with Crippen molar-refractivity contribution in [3.63, 3.8) is 0 Å². The lowest BCUT2D eigenvalue weighted by Gasteiger charge is -2.30. The van der Waals surface area contributed by atoms with E-state index in [4.69, 9.17) is 4.74 Å². The Labute approximate surface area is 143 Å². The fourth-order valence-electron chi connectivity index (χ4n) is 2.60. The number of hydrogen-bond donors (Lipinski definition) is 1. The van der Waals surface area contributed by atoms with Crippen molar-refractivity contribution in [2.45, 2.75) is 0 Å². The lowest BCUT2D eigenvalue weighted by Crippen LogP contribution is -2.36. The Kier molecular flexibility index (Phi) is 4.90. The molecule has 0 aliphatic carbocycles. The molecule has 8 heteroatoms. The summed E-state index contributed by atoms with van der Waals surface area (Å²) in [5.74, 6) is -0.843. The second kappa shape index (κ2) is 7.27. The van der Waals surface area contributed by atoms with Gasteiger partial charge in [-0.1, -0.05) is 0 Å². The van der Waals surface area contributed by atoms with Gasteiger partial charge in [-0.3, -0.25) is 14.9 Å². The average Bonchev–Trinajstić information content (AvgIpc) is 2.63. The first-order valence-electron chi connectivity index (χ1n) is 7.72. The number of nitro benzene ring substituents is 1. The molecule has 1 saturated heterocycles. The van der Waals surface area contributed by atoms with Crippen LogP contribution in [-0.4, -0.2) is 37.1 Å². The Bertz CT molecular complexity index is 789. The maximum absolute atomic E-state index is 13.0. The molecule has 0 atom stereocenters. The van der Waals surface area contributed by atoms with E-state index in [9.17, 15) is 19.3 Å². The SMILES string of the molecule is O=C(Nc1ccc([N+](=O)[O-])cc1N1CCOCC1)c1ccc(F)cc1. The Balaban J connectivity index is 1.89. The average molecular weight is 345 g/mol. The largest absolute Gasteiger partial charge is 0.378 e. The molecule has 3 rings (SSSR count). The maximum atomic E-state index is 13.0. The summed E-state index contributed by atoms with van der Waals surface area (Å²) < 4.78 is 18.3. The quantitative estimate of drug-likeness (QED) is 0.680. The summed E-state index contributed by atoms with van der Waals surface area (Å²) in [4.78, 5) is 24.9. The Morgan fingerprint density at radius 2 is 1.84 bits per heavy atom. The van der Waals surface area contributed by atoms with Gasteiger partial charge >= 0.3 is 0 Å². The third-order valence-corrected chi connectivity index (χ3v) is 3.90. The van der Waals surface area contributed by atoms with Crippen LogP contribution in [0.15, 0.2) is 42.5 Å². The Morgan fingerprint density at radius 1 is 1.16 bits per heavy atom. The van der Waals surface area contributed by atoms with Crippen LogP contribution in [0.2, 0.25) is 0 Å². The standard InChI is InChI=1S/C17H16FN3O4/c18-13-3-1-12(2-4-13)17(22)19-15-6-5-14(21(23)24)11-16(15)20-7-9-25-10-8-20/h1-6,11H,7-10H2,(H,19,22). The van der Waals surface area contributed by atoms with E-state index in [1.807, 2.05) is 4.90 Å². The summed E-state index contributed by atoms with van der Waals surface area (Å²) in [5, 5.41) is 13.8. The van der Waals surface area contributed by atoms with Crippen molar-refractivity contribution in [3.8, 4) is 0 Å². The van der Waals surface area contributed by atoms with Crippen molar-refractivity contribution in [1.82, 2.24) is 0 Å². The number of ether oxygens (including phenoxy) is 1. The molecule has 0 unspecified atom stereocenters. The molecular formula is C17H16FN3O4. The normalized spacial score (nSPS) is 14.2. The van der Waals surface area contributed by atoms with E-state index in [0.717, 1.165) is 0 Å². The molecule has 2 aromatic carbocycles. The number of carbonyl (C=O) groups is 1. The number of benzene rings is 2. The summed E-state index contributed by atoms with van der Waals surface area (Å²) in [6.07, 6.45) is 0. The summed E-state index contributed by atoms with van der Waals surface area (Å²) in [6.45, 7) is 2.16. The van der Waals surface area contributed by atoms with E-state index in [1.54, 1.807) is 0 Å². The highest BCUT2D eigenvalue weighted by Gasteiger charge is 2.20. The van der Waals surface area contributed by atoms with E-state index in [1.165, 1.54) is 42.5 Å². The molecule has 0 spiro atoms. The fraction of sp³-hybridized carbons (Fsp3) is 0.235. The number of nitrogens with one attached hydrogen (secondary N) is 1. The van der Waals surface area contributed by atoms with E-state index >= 15 is 0 Å². The molecule has 0 radical (unpaired) electrons. The van der Waals surface area contributed by atoms with E-state index in [-0.39, 0.29) is 5.69 Å². The second-order valence-corrected chi connectivity index (χ2v) is 5.52. The predicted octanol–water partition coefficient (Wildman–Crippen LogP) is 2.82. The van der Waals surface area contributed by atoms with Crippen molar-refractivity contribution in [2.24, 2.45) is 0 Å². The van der Waals surface area contributed by atoms with Crippen molar-refractivity contribution < 1.29 is 18.8 Å². The summed E-state index contributed by atoms with van der Waals surface area (Å²) >= 11 is 0. The summed E-state index contributed by atoms with van der Waals surface area (Å²) in [5.41, 5.74) is 1.27. The highest BCUT2D eigenvalue weighted by Crippen LogP contribution is 2.31. The molecule has 1 fully saturated rings. The zero-order chi connectivity index (χ0) is 17.8. The molecule has 1 heterocycles. The number of halogens is 1. The van der Waals surface area contributed by atoms with Gasteiger partial charge in [0.05, 0.1) is 29.5 Å². The van der Waals surface area contributed by atoms with Crippen LogP contribution in [-0.2, 0) is 4.74 Å². The van der Waals surface area contributed by atoms with Crippen molar-refractivity contribution in [2.75, 3.05) is 36.5 Å². The molecule has 130 valence electrons. The fourth-order valence-corrected chi connectivity index (χ4v) is 2.60. The van der Waals surface area contributed by atoms with Gasteiger partial charge in [-0.15, -0.1) is 0 Å². The van der Waals surface area contributed by atoms with Gasteiger partial charge in [0.2, 0.25) is 0 Å². The molecule has 0 saturated carbocycles. The highest BCUT2D eigenvalue weighted by molar-refractivity contribution is 6.06.